The van der Waals surface area contributed by atoms with E-state index in [4.69, 9.17) is 0 Å². The molecule has 0 aliphatic heterocycles. The van der Waals surface area contributed by atoms with Crippen molar-refractivity contribution in [2.75, 3.05) is 5.94 Å². The van der Waals surface area contributed by atoms with E-state index >= 15 is 0 Å². The summed E-state index contributed by atoms with van der Waals surface area (Å²) in [5, 5.41) is 10.6. The molecule has 0 saturated carbocycles. The average Bonchev–Trinajstić information content (AvgIpc) is 1.85. The molecule has 1 radical (unpaired) electrons. The van der Waals surface area contributed by atoms with E-state index in [1.54, 1.807) is 0 Å². The molecule has 0 aliphatic rings. The molecule has 1 atom stereocenters. The van der Waals surface area contributed by atoms with Crippen molar-refractivity contribution >= 4 is 11.8 Å². The fourth-order valence-corrected chi connectivity index (χ4v) is 1.26. The molecule has 0 rings (SSSR count). The molecule has 0 aromatic heterocycles. The van der Waals surface area contributed by atoms with Gasteiger partial charge in [0.25, 0.3) is 0 Å². The van der Waals surface area contributed by atoms with Crippen molar-refractivity contribution in [3.63, 3.8) is 0 Å². The molecule has 0 amide bonds. The summed E-state index contributed by atoms with van der Waals surface area (Å²) in [5.74, 6) is 0.0187. The van der Waals surface area contributed by atoms with Crippen molar-refractivity contribution in [2.24, 2.45) is 0 Å². The molecule has 0 fully saturated rings. The zero-order valence-corrected chi connectivity index (χ0v) is 7.04. The highest BCUT2D eigenvalue weighted by atomic mass is 32.2. The lowest BCUT2D eigenvalue weighted by Gasteiger charge is -2.05. The van der Waals surface area contributed by atoms with Gasteiger partial charge in [-0.15, -0.1) is 11.8 Å². The Morgan fingerprint density at radius 1 is 1.56 bits per heavy atom. The topological polar surface area (TPSA) is 19.9 Å². The van der Waals surface area contributed by atoms with E-state index < -0.39 is 0 Å². The van der Waals surface area contributed by atoms with Gasteiger partial charge in [0.2, 0.25) is 0 Å². The molecule has 0 N–H and O–H groups in total. The van der Waals surface area contributed by atoms with Crippen LogP contribution in [0.5, 0.6) is 0 Å². The van der Waals surface area contributed by atoms with Crippen LogP contribution in [0.25, 0.3) is 0 Å². The van der Waals surface area contributed by atoms with Crippen molar-refractivity contribution in [2.45, 2.75) is 38.4 Å². The summed E-state index contributed by atoms with van der Waals surface area (Å²) in [5.41, 5.74) is 0. The van der Waals surface area contributed by atoms with Crippen LogP contribution in [0.2, 0.25) is 0 Å². The Kier molecular flexibility index (Phi) is 6.65. The lowest BCUT2D eigenvalue weighted by Crippen LogP contribution is -1.95. The van der Waals surface area contributed by atoms with Crippen LogP contribution in [0.4, 0.5) is 0 Å². The molecule has 55 valence electrons. The fraction of sp³-hybridized carbons (Fsp3) is 1.00. The van der Waals surface area contributed by atoms with E-state index in [9.17, 15) is 5.11 Å². The van der Waals surface area contributed by atoms with Crippen molar-refractivity contribution in [3.8, 4) is 0 Å². The van der Waals surface area contributed by atoms with Crippen LogP contribution in [0, 0.1) is 0 Å². The number of hydrogen-bond acceptors (Lipinski definition) is 1. The van der Waals surface area contributed by atoms with Gasteiger partial charge in [-0.05, 0) is 6.42 Å². The van der Waals surface area contributed by atoms with Crippen LogP contribution in [0.3, 0.4) is 0 Å². The molecule has 1 unspecified atom stereocenters. The summed E-state index contributed by atoms with van der Waals surface area (Å²) in [7, 11) is 0. The molecule has 0 heterocycles. The van der Waals surface area contributed by atoms with Gasteiger partial charge in [-0.2, -0.15) is 0 Å². The maximum Gasteiger partial charge on any atom is 0.128 e. The molecular weight excluding hydrogens is 132 g/mol. The van der Waals surface area contributed by atoms with Crippen LogP contribution in [0.1, 0.15) is 33.1 Å². The van der Waals surface area contributed by atoms with Crippen LogP contribution in [-0.4, -0.2) is 11.2 Å². The molecule has 0 aromatic rings. The Bertz CT molecular complexity index is 56.9. The highest BCUT2D eigenvalue weighted by Crippen LogP contribution is 2.14. The third-order valence-corrected chi connectivity index (χ3v) is 2.26. The van der Waals surface area contributed by atoms with E-state index in [2.05, 4.69) is 13.8 Å². The van der Waals surface area contributed by atoms with Crippen LogP contribution in [-0.2, 0) is 5.11 Å². The lowest BCUT2D eigenvalue weighted by atomic mass is 10.2. The molecule has 0 aromatic carbocycles. The summed E-state index contributed by atoms with van der Waals surface area (Å²) in [6.07, 6.45) is 3.70. The Hall–Kier alpha value is 0.310. The fourth-order valence-electron chi connectivity index (χ4n) is 0.691. The third kappa shape index (κ3) is 6.19. The van der Waals surface area contributed by atoms with Crippen LogP contribution < -0.4 is 0 Å². The number of rotatable bonds is 5. The number of thioether (sulfide) groups is 1. The second-order valence-corrected chi connectivity index (χ2v) is 3.61. The zero-order valence-electron chi connectivity index (χ0n) is 6.22. The van der Waals surface area contributed by atoms with Gasteiger partial charge in [0, 0.05) is 5.25 Å². The zero-order chi connectivity index (χ0) is 7.11. The number of hydrogen-bond donors (Lipinski definition) is 0. The molecule has 9 heavy (non-hydrogen) atoms. The van der Waals surface area contributed by atoms with Gasteiger partial charge in [0.1, 0.15) is 5.94 Å². The van der Waals surface area contributed by atoms with Gasteiger partial charge in [0.15, 0.2) is 0 Å². The molecule has 0 saturated heterocycles. The maximum absolute atomic E-state index is 10.1. The van der Waals surface area contributed by atoms with Gasteiger partial charge in [0.05, 0.1) is 0 Å². The van der Waals surface area contributed by atoms with Gasteiger partial charge < -0.3 is 0 Å². The van der Waals surface area contributed by atoms with Crippen LogP contribution >= 0.6 is 11.8 Å². The van der Waals surface area contributed by atoms with E-state index in [1.165, 1.54) is 31.0 Å². The van der Waals surface area contributed by atoms with E-state index in [0.29, 0.717) is 5.25 Å². The lowest BCUT2D eigenvalue weighted by molar-refractivity contribution is 0.260. The maximum atomic E-state index is 10.1. The first-order valence-corrected chi connectivity index (χ1v) is 4.55. The van der Waals surface area contributed by atoms with Gasteiger partial charge in [-0.3, -0.25) is 0 Å². The predicted octanol–water partition coefficient (Wildman–Crippen LogP) is 2.69. The third-order valence-electron chi connectivity index (χ3n) is 1.32. The first-order valence-electron chi connectivity index (χ1n) is 3.51. The van der Waals surface area contributed by atoms with E-state index in [1.807, 2.05) is 0 Å². The minimum atomic E-state index is 0.0187. The summed E-state index contributed by atoms with van der Waals surface area (Å²) in [6, 6.07) is 0. The smallest absolute Gasteiger partial charge is 0.128 e. The molecule has 0 bridgehead atoms. The van der Waals surface area contributed by atoms with Gasteiger partial charge >= 0.3 is 0 Å². The van der Waals surface area contributed by atoms with Crippen molar-refractivity contribution in [1.82, 2.24) is 0 Å². The Labute approximate surface area is 61.8 Å². The first kappa shape index (κ1) is 9.31. The van der Waals surface area contributed by atoms with Gasteiger partial charge in [-0.1, -0.05) is 26.7 Å². The van der Waals surface area contributed by atoms with Crippen molar-refractivity contribution in [3.05, 3.63) is 0 Å². The molecule has 0 spiro atoms. The minimum Gasteiger partial charge on any atom is -0.225 e. The number of unbranched alkanes of at least 4 members (excludes halogenated alkanes) is 1. The second-order valence-electron chi connectivity index (χ2n) is 2.24. The molecular formula is C7H15OS. The predicted molar refractivity (Wildman–Crippen MR) is 42.1 cm³/mol. The average molecular weight is 147 g/mol. The van der Waals surface area contributed by atoms with Crippen molar-refractivity contribution in [1.29, 1.82) is 0 Å². The molecule has 2 heteroatoms. The van der Waals surface area contributed by atoms with E-state index in [-0.39, 0.29) is 5.94 Å². The van der Waals surface area contributed by atoms with Crippen LogP contribution in [0.15, 0.2) is 0 Å². The van der Waals surface area contributed by atoms with E-state index in [0.717, 1.165) is 0 Å². The highest BCUT2D eigenvalue weighted by Gasteiger charge is 1.99. The molecule has 0 aliphatic carbocycles. The normalized spacial score (nSPS) is 13.7. The quantitative estimate of drug-likeness (QED) is 0.547. The first-order chi connectivity index (χ1) is 4.31. The monoisotopic (exact) mass is 147 g/mol. The summed E-state index contributed by atoms with van der Waals surface area (Å²) in [6.45, 7) is 4.30. The largest absolute Gasteiger partial charge is 0.225 e. The Morgan fingerprint density at radius 3 is 2.67 bits per heavy atom. The standard InChI is InChI=1S/C7H15OS/c1-3-4-5-7(2)9-6-8/h7H,3-6H2,1-2H3. The minimum absolute atomic E-state index is 0.0187. The Morgan fingerprint density at radius 2 is 2.22 bits per heavy atom. The summed E-state index contributed by atoms with van der Waals surface area (Å²) < 4.78 is 0. The van der Waals surface area contributed by atoms with Gasteiger partial charge in [-0.25, -0.2) is 5.11 Å². The Balaban J connectivity index is 2.95. The second kappa shape index (κ2) is 6.43. The highest BCUT2D eigenvalue weighted by molar-refractivity contribution is 7.99. The summed E-state index contributed by atoms with van der Waals surface area (Å²) in [4.78, 5) is 0. The molecule has 1 nitrogen and oxygen atoms in total. The summed E-state index contributed by atoms with van der Waals surface area (Å²) >= 11 is 1.52. The SMILES string of the molecule is CCCCC(C)SC[O]. The van der Waals surface area contributed by atoms with Crippen molar-refractivity contribution < 1.29 is 5.11 Å².